The standard InChI is InChI=1S/C9H14F3NO4/c1-8(2,7(15)16)13(3)6(14)4-17-5-9(10,11)12/h4-5H2,1-3H3,(H,15,16). The maximum atomic E-state index is 11.7. The molecule has 0 atom stereocenters. The fraction of sp³-hybridized carbons (Fsp3) is 0.778. The Kier molecular flexibility index (Phi) is 4.94. The van der Waals surface area contributed by atoms with E-state index in [1.54, 1.807) is 0 Å². The Morgan fingerprint density at radius 1 is 1.29 bits per heavy atom. The molecule has 0 aliphatic carbocycles. The number of ether oxygens (including phenoxy) is 1. The van der Waals surface area contributed by atoms with Gasteiger partial charge in [-0.05, 0) is 13.8 Å². The molecule has 0 saturated carbocycles. The van der Waals surface area contributed by atoms with Gasteiger partial charge in [-0.15, -0.1) is 0 Å². The highest BCUT2D eigenvalue weighted by molar-refractivity contribution is 5.86. The molecule has 0 aliphatic rings. The number of aliphatic carboxylic acids is 1. The molecule has 8 heteroatoms. The minimum atomic E-state index is -4.51. The maximum Gasteiger partial charge on any atom is 0.411 e. The van der Waals surface area contributed by atoms with Crippen molar-refractivity contribution in [2.75, 3.05) is 20.3 Å². The first-order valence-corrected chi connectivity index (χ1v) is 4.63. The highest BCUT2D eigenvalue weighted by atomic mass is 19.4. The largest absolute Gasteiger partial charge is 0.480 e. The summed E-state index contributed by atoms with van der Waals surface area (Å²) in [5.74, 6) is -2.09. The normalized spacial score (nSPS) is 12.4. The number of carboxylic acid groups (broad SMARTS) is 1. The minimum Gasteiger partial charge on any atom is -0.480 e. The number of carbonyl (C=O) groups is 2. The number of hydrogen-bond acceptors (Lipinski definition) is 3. The van der Waals surface area contributed by atoms with Crippen molar-refractivity contribution in [3.05, 3.63) is 0 Å². The second-order valence-electron chi connectivity index (χ2n) is 3.92. The molecule has 5 nitrogen and oxygen atoms in total. The summed E-state index contributed by atoms with van der Waals surface area (Å²) < 4.78 is 39.3. The van der Waals surface area contributed by atoms with Gasteiger partial charge in [-0.25, -0.2) is 4.79 Å². The highest BCUT2D eigenvalue weighted by Gasteiger charge is 2.35. The van der Waals surface area contributed by atoms with E-state index in [2.05, 4.69) is 4.74 Å². The molecule has 0 aromatic carbocycles. The SMILES string of the molecule is CN(C(=O)COCC(F)(F)F)C(C)(C)C(=O)O. The van der Waals surface area contributed by atoms with Gasteiger partial charge in [-0.2, -0.15) is 13.2 Å². The van der Waals surface area contributed by atoms with E-state index in [0.29, 0.717) is 0 Å². The Morgan fingerprint density at radius 3 is 2.12 bits per heavy atom. The van der Waals surface area contributed by atoms with Gasteiger partial charge in [0.2, 0.25) is 5.91 Å². The molecule has 0 aliphatic heterocycles. The van der Waals surface area contributed by atoms with E-state index in [-0.39, 0.29) is 0 Å². The molecule has 1 amide bonds. The molecule has 0 spiro atoms. The first kappa shape index (κ1) is 15.7. The number of rotatable bonds is 5. The van der Waals surface area contributed by atoms with Crippen molar-refractivity contribution in [1.29, 1.82) is 0 Å². The molecule has 0 fully saturated rings. The quantitative estimate of drug-likeness (QED) is 0.794. The van der Waals surface area contributed by atoms with Crippen LogP contribution in [0.15, 0.2) is 0 Å². The van der Waals surface area contributed by atoms with Crippen LogP contribution in [0.3, 0.4) is 0 Å². The molecule has 0 aromatic heterocycles. The van der Waals surface area contributed by atoms with E-state index in [1.165, 1.54) is 20.9 Å². The van der Waals surface area contributed by atoms with Crippen molar-refractivity contribution in [2.45, 2.75) is 25.6 Å². The molecule has 0 aromatic rings. The minimum absolute atomic E-state index is 0.813. The summed E-state index contributed by atoms with van der Waals surface area (Å²) in [5, 5.41) is 8.80. The molecule has 100 valence electrons. The summed E-state index contributed by atoms with van der Waals surface area (Å²) >= 11 is 0. The van der Waals surface area contributed by atoms with Crippen LogP contribution >= 0.6 is 0 Å². The van der Waals surface area contributed by atoms with Gasteiger partial charge in [0, 0.05) is 7.05 Å². The zero-order valence-corrected chi connectivity index (χ0v) is 9.67. The molecule has 0 saturated heterocycles. The second-order valence-corrected chi connectivity index (χ2v) is 3.92. The molecule has 0 radical (unpaired) electrons. The predicted molar refractivity (Wildman–Crippen MR) is 51.4 cm³/mol. The van der Waals surface area contributed by atoms with Crippen LogP contribution < -0.4 is 0 Å². The molecule has 17 heavy (non-hydrogen) atoms. The Morgan fingerprint density at radius 2 is 1.76 bits per heavy atom. The predicted octanol–water partition coefficient (Wildman–Crippen LogP) is 0.887. The third-order valence-corrected chi connectivity index (χ3v) is 2.23. The maximum absolute atomic E-state index is 11.7. The fourth-order valence-electron chi connectivity index (χ4n) is 0.806. The monoisotopic (exact) mass is 257 g/mol. The molecular weight excluding hydrogens is 243 g/mol. The zero-order valence-electron chi connectivity index (χ0n) is 9.67. The Hall–Kier alpha value is -1.31. The number of halogens is 3. The third-order valence-electron chi connectivity index (χ3n) is 2.23. The number of carboxylic acids is 1. The van der Waals surface area contributed by atoms with Gasteiger partial charge < -0.3 is 14.7 Å². The van der Waals surface area contributed by atoms with Crippen LogP contribution in [-0.4, -0.2) is 53.9 Å². The van der Waals surface area contributed by atoms with E-state index in [1.807, 2.05) is 0 Å². The highest BCUT2D eigenvalue weighted by Crippen LogP contribution is 2.15. The number of carbonyl (C=O) groups excluding carboxylic acids is 1. The van der Waals surface area contributed by atoms with Crippen molar-refractivity contribution in [3.63, 3.8) is 0 Å². The van der Waals surface area contributed by atoms with E-state index in [9.17, 15) is 22.8 Å². The van der Waals surface area contributed by atoms with Crippen LogP contribution in [0.5, 0.6) is 0 Å². The Labute approximate surface area is 96.1 Å². The van der Waals surface area contributed by atoms with Crippen molar-refractivity contribution in [2.24, 2.45) is 0 Å². The fourth-order valence-corrected chi connectivity index (χ4v) is 0.806. The van der Waals surface area contributed by atoms with Crippen LogP contribution in [0.25, 0.3) is 0 Å². The lowest BCUT2D eigenvalue weighted by atomic mass is 10.0. The van der Waals surface area contributed by atoms with Gasteiger partial charge in [0.15, 0.2) is 0 Å². The lowest BCUT2D eigenvalue weighted by Crippen LogP contribution is -2.52. The molecule has 0 bridgehead atoms. The third kappa shape index (κ3) is 5.03. The van der Waals surface area contributed by atoms with Gasteiger partial charge in [-0.1, -0.05) is 0 Å². The van der Waals surface area contributed by atoms with Crippen LogP contribution in [0.4, 0.5) is 13.2 Å². The topological polar surface area (TPSA) is 66.8 Å². The Bertz CT molecular complexity index is 301. The first-order chi connectivity index (χ1) is 7.48. The van der Waals surface area contributed by atoms with E-state index in [0.717, 1.165) is 4.90 Å². The first-order valence-electron chi connectivity index (χ1n) is 4.63. The van der Waals surface area contributed by atoms with Gasteiger partial charge in [-0.3, -0.25) is 4.79 Å². The summed E-state index contributed by atoms with van der Waals surface area (Å²) in [5.41, 5.74) is -1.50. The molecular formula is C9H14F3NO4. The lowest BCUT2D eigenvalue weighted by molar-refractivity contribution is -0.180. The molecule has 0 rings (SSSR count). The number of alkyl halides is 3. The van der Waals surface area contributed by atoms with Crippen LogP contribution in [-0.2, 0) is 14.3 Å². The van der Waals surface area contributed by atoms with Gasteiger partial charge in [0.25, 0.3) is 0 Å². The van der Waals surface area contributed by atoms with E-state index in [4.69, 9.17) is 5.11 Å². The molecule has 1 N–H and O–H groups in total. The van der Waals surface area contributed by atoms with E-state index < -0.39 is 36.8 Å². The lowest BCUT2D eigenvalue weighted by Gasteiger charge is -2.31. The van der Waals surface area contributed by atoms with Crippen LogP contribution in [0, 0.1) is 0 Å². The van der Waals surface area contributed by atoms with Gasteiger partial charge in [0.05, 0.1) is 0 Å². The molecule has 0 heterocycles. The number of amides is 1. The number of likely N-dealkylation sites (N-methyl/N-ethyl adjacent to an activating group) is 1. The van der Waals surface area contributed by atoms with Crippen molar-refractivity contribution in [1.82, 2.24) is 4.90 Å². The van der Waals surface area contributed by atoms with Gasteiger partial charge >= 0.3 is 12.1 Å². The summed E-state index contributed by atoms with van der Waals surface area (Å²) in [7, 11) is 1.19. The Balaban J connectivity index is 4.30. The summed E-state index contributed by atoms with van der Waals surface area (Å²) in [6.45, 7) is 0.167. The smallest absolute Gasteiger partial charge is 0.411 e. The second kappa shape index (κ2) is 5.35. The van der Waals surface area contributed by atoms with Crippen molar-refractivity contribution >= 4 is 11.9 Å². The summed E-state index contributed by atoms with van der Waals surface area (Å²) in [6, 6.07) is 0. The number of hydrogen-bond donors (Lipinski definition) is 1. The van der Waals surface area contributed by atoms with Crippen LogP contribution in [0.2, 0.25) is 0 Å². The average molecular weight is 257 g/mol. The van der Waals surface area contributed by atoms with Crippen LogP contribution in [0.1, 0.15) is 13.8 Å². The average Bonchev–Trinajstić information content (AvgIpc) is 2.13. The van der Waals surface area contributed by atoms with E-state index >= 15 is 0 Å². The number of nitrogens with zero attached hydrogens (tertiary/aromatic N) is 1. The summed E-state index contributed by atoms with van der Waals surface area (Å²) in [4.78, 5) is 23.0. The van der Waals surface area contributed by atoms with Crippen molar-refractivity contribution < 1.29 is 32.6 Å². The summed E-state index contributed by atoms with van der Waals surface area (Å²) in [6.07, 6.45) is -4.51. The van der Waals surface area contributed by atoms with Gasteiger partial charge in [0.1, 0.15) is 18.8 Å². The molecule has 0 unspecified atom stereocenters. The van der Waals surface area contributed by atoms with Crippen molar-refractivity contribution in [3.8, 4) is 0 Å². The zero-order chi connectivity index (χ0) is 13.9.